The number of esters is 1. The molecule has 1 amide bonds. The Hall–Kier alpha value is -2.71. The number of hydrogen-bond acceptors (Lipinski definition) is 6. The fourth-order valence-corrected chi connectivity index (χ4v) is 5.33. The fraction of sp³-hybridized carbons (Fsp3) is 0.238. The van der Waals surface area contributed by atoms with Crippen LogP contribution in [0, 0.1) is 6.92 Å². The number of nitrogens with one attached hydrogen (secondary N) is 1. The molecule has 1 heterocycles. The van der Waals surface area contributed by atoms with Gasteiger partial charge in [-0.05, 0) is 31.5 Å². The molecule has 2 aromatic carbocycles. The Balaban J connectivity index is 1.67. The van der Waals surface area contributed by atoms with E-state index in [0.29, 0.717) is 16.0 Å². The smallest absolute Gasteiger partial charge is 0.341 e. The molecule has 152 valence electrons. The first kappa shape index (κ1) is 21.0. The van der Waals surface area contributed by atoms with Gasteiger partial charge in [-0.2, -0.15) is 0 Å². The number of thiophene rings is 1. The maximum absolute atomic E-state index is 12.4. The van der Waals surface area contributed by atoms with Crippen LogP contribution in [0.1, 0.15) is 28.8 Å². The molecule has 3 aromatic rings. The molecule has 3 rings (SSSR count). The van der Waals surface area contributed by atoms with E-state index in [2.05, 4.69) is 5.32 Å². The summed E-state index contributed by atoms with van der Waals surface area (Å²) in [6.07, 6.45) is 0.209. The van der Waals surface area contributed by atoms with Crippen LogP contribution >= 0.6 is 11.3 Å². The van der Waals surface area contributed by atoms with E-state index in [9.17, 15) is 18.0 Å². The van der Waals surface area contributed by atoms with Crippen LogP contribution in [0.5, 0.6) is 0 Å². The molecule has 1 aromatic heterocycles. The van der Waals surface area contributed by atoms with Gasteiger partial charge >= 0.3 is 5.97 Å². The number of rotatable bonds is 7. The summed E-state index contributed by atoms with van der Waals surface area (Å²) in [5.41, 5.74) is 1.29. The van der Waals surface area contributed by atoms with Gasteiger partial charge in [-0.15, -0.1) is 11.3 Å². The summed E-state index contributed by atoms with van der Waals surface area (Å²) in [7, 11) is -2.16. The summed E-state index contributed by atoms with van der Waals surface area (Å²) < 4.78 is 30.5. The van der Waals surface area contributed by atoms with Crippen LogP contribution < -0.4 is 5.32 Å². The van der Waals surface area contributed by atoms with E-state index < -0.39 is 15.8 Å². The largest absolute Gasteiger partial charge is 0.465 e. The molecule has 0 fully saturated rings. The van der Waals surface area contributed by atoms with Gasteiger partial charge in [0.1, 0.15) is 10.6 Å². The predicted molar refractivity (Wildman–Crippen MR) is 114 cm³/mol. The number of anilines is 1. The number of ether oxygens (including phenoxy) is 1. The monoisotopic (exact) mass is 431 g/mol. The van der Waals surface area contributed by atoms with Crippen molar-refractivity contribution in [3.63, 3.8) is 0 Å². The van der Waals surface area contributed by atoms with E-state index in [1.165, 1.54) is 18.4 Å². The number of sulfone groups is 1. The summed E-state index contributed by atoms with van der Waals surface area (Å²) in [6, 6.07) is 13.9. The van der Waals surface area contributed by atoms with Crippen molar-refractivity contribution in [3.05, 3.63) is 59.7 Å². The van der Waals surface area contributed by atoms with Crippen molar-refractivity contribution < 1.29 is 22.7 Å². The number of amides is 1. The third kappa shape index (κ3) is 4.83. The molecule has 0 unspecified atom stereocenters. The number of hydrogen-bond donors (Lipinski definition) is 1. The quantitative estimate of drug-likeness (QED) is 0.567. The molecule has 0 saturated heterocycles. The van der Waals surface area contributed by atoms with E-state index in [-0.39, 0.29) is 29.4 Å². The van der Waals surface area contributed by atoms with Crippen molar-refractivity contribution in [1.82, 2.24) is 0 Å². The minimum absolute atomic E-state index is 0.0277. The standard InChI is InChI=1S/C21H21NO5S2/c1-14-9-11-15(12-10-14)29(25,26)13-5-8-18(23)22-20-19(21(24)27-2)16-6-3-4-7-17(16)28-20/h3-4,6-7,9-12H,5,8,13H2,1-2H3,(H,22,23). The van der Waals surface area contributed by atoms with Crippen LogP contribution in [0.15, 0.2) is 53.4 Å². The lowest BCUT2D eigenvalue weighted by molar-refractivity contribution is -0.116. The van der Waals surface area contributed by atoms with Gasteiger partial charge in [-0.3, -0.25) is 4.79 Å². The molecule has 0 aliphatic rings. The van der Waals surface area contributed by atoms with Gasteiger partial charge in [-0.25, -0.2) is 13.2 Å². The van der Waals surface area contributed by atoms with Crippen molar-refractivity contribution in [2.45, 2.75) is 24.7 Å². The zero-order valence-corrected chi connectivity index (χ0v) is 17.7. The first-order valence-electron chi connectivity index (χ1n) is 9.01. The predicted octanol–water partition coefficient (Wildman–Crippen LogP) is 4.19. The van der Waals surface area contributed by atoms with Crippen LogP contribution in [0.2, 0.25) is 0 Å². The van der Waals surface area contributed by atoms with Crippen LogP contribution in [-0.2, 0) is 19.4 Å². The Labute approximate surface area is 173 Å². The number of aryl methyl sites for hydroxylation is 1. The summed E-state index contributed by atoms with van der Waals surface area (Å²) in [6.45, 7) is 1.89. The van der Waals surface area contributed by atoms with Crippen molar-refractivity contribution >= 4 is 48.1 Å². The number of carbonyl (C=O) groups is 2. The van der Waals surface area contributed by atoms with Crippen molar-refractivity contribution in [1.29, 1.82) is 0 Å². The molecule has 29 heavy (non-hydrogen) atoms. The summed E-state index contributed by atoms with van der Waals surface area (Å²) in [5, 5.41) is 3.85. The minimum atomic E-state index is -3.44. The number of benzene rings is 2. The minimum Gasteiger partial charge on any atom is -0.465 e. The lowest BCUT2D eigenvalue weighted by atomic mass is 10.1. The average Bonchev–Trinajstić information content (AvgIpc) is 3.05. The van der Waals surface area contributed by atoms with Gasteiger partial charge in [0.15, 0.2) is 9.84 Å². The Morgan fingerprint density at radius 2 is 1.76 bits per heavy atom. The summed E-state index contributed by atoms with van der Waals surface area (Å²) in [4.78, 5) is 24.8. The fourth-order valence-electron chi connectivity index (χ4n) is 2.91. The molecule has 0 bridgehead atoms. The third-order valence-corrected chi connectivity index (χ3v) is 7.34. The first-order valence-corrected chi connectivity index (χ1v) is 11.5. The van der Waals surface area contributed by atoms with Crippen LogP contribution in [0.3, 0.4) is 0 Å². The van der Waals surface area contributed by atoms with Crippen LogP contribution in [0.25, 0.3) is 10.1 Å². The van der Waals surface area contributed by atoms with Crippen molar-refractivity contribution in [2.24, 2.45) is 0 Å². The topological polar surface area (TPSA) is 89.5 Å². The summed E-state index contributed by atoms with van der Waals surface area (Å²) in [5.74, 6) is -1.000. The number of methoxy groups -OCH3 is 1. The van der Waals surface area contributed by atoms with Gasteiger partial charge in [0.25, 0.3) is 0 Å². The van der Waals surface area contributed by atoms with E-state index in [1.807, 2.05) is 25.1 Å². The van der Waals surface area contributed by atoms with Crippen LogP contribution in [-0.4, -0.2) is 33.2 Å². The second-order valence-electron chi connectivity index (χ2n) is 6.58. The second kappa shape index (κ2) is 8.75. The molecule has 0 radical (unpaired) electrons. The molecule has 0 aliphatic carbocycles. The van der Waals surface area contributed by atoms with Gasteiger partial charge < -0.3 is 10.1 Å². The molecule has 0 saturated carbocycles. The number of fused-ring (bicyclic) bond motifs is 1. The Bertz CT molecular complexity index is 1150. The molecule has 0 aliphatic heterocycles. The van der Waals surface area contributed by atoms with Gasteiger partial charge in [0.2, 0.25) is 5.91 Å². The zero-order valence-electron chi connectivity index (χ0n) is 16.1. The number of carbonyl (C=O) groups excluding carboxylic acids is 2. The SMILES string of the molecule is COC(=O)c1c(NC(=O)CCCS(=O)(=O)c2ccc(C)cc2)sc2ccccc12. The maximum Gasteiger partial charge on any atom is 0.341 e. The highest BCUT2D eigenvalue weighted by atomic mass is 32.2. The molecule has 0 atom stereocenters. The zero-order chi connectivity index (χ0) is 21.0. The van der Waals surface area contributed by atoms with Crippen molar-refractivity contribution in [2.75, 3.05) is 18.2 Å². The molecular formula is C21H21NO5S2. The normalized spacial score (nSPS) is 11.4. The Morgan fingerprint density at radius 1 is 1.07 bits per heavy atom. The van der Waals surface area contributed by atoms with Crippen LogP contribution in [0.4, 0.5) is 5.00 Å². The Morgan fingerprint density at radius 3 is 2.45 bits per heavy atom. The second-order valence-corrected chi connectivity index (χ2v) is 9.74. The molecule has 1 N–H and O–H groups in total. The molecule has 0 spiro atoms. The highest BCUT2D eigenvalue weighted by molar-refractivity contribution is 7.91. The van der Waals surface area contributed by atoms with E-state index in [4.69, 9.17) is 4.74 Å². The third-order valence-electron chi connectivity index (χ3n) is 4.43. The van der Waals surface area contributed by atoms with Gasteiger partial charge in [0, 0.05) is 16.5 Å². The molecule has 8 heteroatoms. The van der Waals surface area contributed by atoms with Gasteiger partial charge in [0.05, 0.1) is 17.8 Å². The van der Waals surface area contributed by atoms with E-state index in [1.54, 1.807) is 30.3 Å². The highest BCUT2D eigenvalue weighted by Gasteiger charge is 2.21. The van der Waals surface area contributed by atoms with E-state index in [0.717, 1.165) is 10.3 Å². The first-order chi connectivity index (χ1) is 13.8. The van der Waals surface area contributed by atoms with Crippen molar-refractivity contribution in [3.8, 4) is 0 Å². The molecule has 6 nitrogen and oxygen atoms in total. The Kier molecular flexibility index (Phi) is 6.34. The highest BCUT2D eigenvalue weighted by Crippen LogP contribution is 2.36. The lowest BCUT2D eigenvalue weighted by Crippen LogP contribution is -2.15. The van der Waals surface area contributed by atoms with E-state index >= 15 is 0 Å². The summed E-state index contributed by atoms with van der Waals surface area (Å²) >= 11 is 1.28. The maximum atomic E-state index is 12.4. The molecular weight excluding hydrogens is 410 g/mol. The lowest BCUT2D eigenvalue weighted by Gasteiger charge is -2.07. The average molecular weight is 432 g/mol. The van der Waals surface area contributed by atoms with Gasteiger partial charge in [-0.1, -0.05) is 35.9 Å².